The molecule has 2 nitrogen and oxygen atoms in total. The van der Waals surface area contributed by atoms with Crippen LogP contribution in [0.15, 0.2) is 48.5 Å². The summed E-state index contributed by atoms with van der Waals surface area (Å²) in [4.78, 5) is 0. The molecule has 0 heterocycles. The number of ether oxygens (including phenoxy) is 1. The number of para-hydroxylation sites is 1. The van der Waals surface area contributed by atoms with E-state index in [1.54, 1.807) is 7.11 Å². The van der Waals surface area contributed by atoms with Gasteiger partial charge in [0.1, 0.15) is 5.75 Å². The van der Waals surface area contributed by atoms with E-state index in [9.17, 15) is 5.11 Å². The van der Waals surface area contributed by atoms with Crippen LogP contribution in [0.5, 0.6) is 5.75 Å². The fourth-order valence-corrected chi connectivity index (χ4v) is 2.36. The number of aliphatic hydroxyl groups is 1. The van der Waals surface area contributed by atoms with Gasteiger partial charge in [0.25, 0.3) is 0 Å². The Bertz CT molecular complexity index is 559. The number of hydrogen-bond acceptors (Lipinski definition) is 2. The van der Waals surface area contributed by atoms with E-state index in [1.165, 1.54) is 5.56 Å². The van der Waals surface area contributed by atoms with Gasteiger partial charge in [0.2, 0.25) is 0 Å². The molecule has 19 heavy (non-hydrogen) atoms. The standard InChI is InChI=1S/C17H20O2/c1-13-8-4-5-9-14(13)12-17(2,18)15-10-6-7-11-16(15)19-3/h4-11,18H,12H2,1-3H3. The summed E-state index contributed by atoms with van der Waals surface area (Å²) < 4.78 is 5.34. The second-order valence-corrected chi connectivity index (χ2v) is 5.08. The van der Waals surface area contributed by atoms with Crippen molar-refractivity contribution in [2.75, 3.05) is 7.11 Å². The van der Waals surface area contributed by atoms with E-state index >= 15 is 0 Å². The predicted molar refractivity (Wildman–Crippen MR) is 77.4 cm³/mol. The highest BCUT2D eigenvalue weighted by Crippen LogP contribution is 2.32. The van der Waals surface area contributed by atoms with Gasteiger partial charge in [-0.15, -0.1) is 0 Å². The highest BCUT2D eigenvalue weighted by Gasteiger charge is 2.27. The molecule has 0 aliphatic heterocycles. The Kier molecular flexibility index (Phi) is 3.91. The molecule has 0 bridgehead atoms. The first-order valence-electron chi connectivity index (χ1n) is 6.45. The SMILES string of the molecule is COc1ccccc1C(C)(O)Cc1ccccc1C. The number of hydrogen-bond donors (Lipinski definition) is 1. The van der Waals surface area contributed by atoms with Crippen LogP contribution in [0, 0.1) is 6.92 Å². The first-order valence-corrected chi connectivity index (χ1v) is 6.45. The molecular formula is C17H20O2. The van der Waals surface area contributed by atoms with Gasteiger partial charge in [0.05, 0.1) is 12.7 Å². The summed E-state index contributed by atoms with van der Waals surface area (Å²) in [5, 5.41) is 10.8. The molecule has 0 aliphatic rings. The number of aryl methyl sites for hydroxylation is 1. The Morgan fingerprint density at radius 3 is 2.37 bits per heavy atom. The summed E-state index contributed by atoms with van der Waals surface area (Å²) in [6.45, 7) is 3.89. The van der Waals surface area contributed by atoms with Crippen molar-refractivity contribution in [1.29, 1.82) is 0 Å². The predicted octanol–water partition coefficient (Wildman–Crippen LogP) is 3.45. The summed E-state index contributed by atoms with van der Waals surface area (Å²) in [5.74, 6) is 0.723. The van der Waals surface area contributed by atoms with Gasteiger partial charge < -0.3 is 9.84 Å². The maximum absolute atomic E-state index is 10.8. The molecule has 0 aromatic heterocycles. The summed E-state index contributed by atoms with van der Waals surface area (Å²) in [6, 6.07) is 15.7. The lowest BCUT2D eigenvalue weighted by Gasteiger charge is -2.26. The van der Waals surface area contributed by atoms with Crippen LogP contribution >= 0.6 is 0 Å². The normalized spacial score (nSPS) is 13.9. The van der Waals surface area contributed by atoms with Crippen LogP contribution in [0.1, 0.15) is 23.6 Å². The van der Waals surface area contributed by atoms with Crippen LogP contribution in [-0.2, 0) is 12.0 Å². The van der Waals surface area contributed by atoms with Gasteiger partial charge in [0.15, 0.2) is 0 Å². The van der Waals surface area contributed by atoms with Gasteiger partial charge in [-0.2, -0.15) is 0 Å². The van der Waals surface area contributed by atoms with Gasteiger partial charge in [-0.05, 0) is 31.0 Å². The van der Waals surface area contributed by atoms with Crippen molar-refractivity contribution < 1.29 is 9.84 Å². The monoisotopic (exact) mass is 256 g/mol. The average molecular weight is 256 g/mol. The Hall–Kier alpha value is -1.80. The minimum atomic E-state index is -0.946. The first-order chi connectivity index (χ1) is 9.04. The van der Waals surface area contributed by atoms with Crippen molar-refractivity contribution in [3.05, 3.63) is 65.2 Å². The van der Waals surface area contributed by atoms with E-state index in [2.05, 4.69) is 19.1 Å². The van der Waals surface area contributed by atoms with Crippen LogP contribution in [0.3, 0.4) is 0 Å². The fraction of sp³-hybridized carbons (Fsp3) is 0.294. The number of benzene rings is 2. The van der Waals surface area contributed by atoms with Crippen molar-refractivity contribution in [3.63, 3.8) is 0 Å². The zero-order valence-corrected chi connectivity index (χ0v) is 11.7. The highest BCUT2D eigenvalue weighted by atomic mass is 16.5. The summed E-state index contributed by atoms with van der Waals surface area (Å²) in [7, 11) is 1.63. The Balaban J connectivity index is 2.35. The molecule has 0 saturated heterocycles. The maximum Gasteiger partial charge on any atom is 0.124 e. The van der Waals surface area contributed by atoms with Crippen molar-refractivity contribution in [2.24, 2.45) is 0 Å². The molecule has 0 radical (unpaired) electrons. The smallest absolute Gasteiger partial charge is 0.124 e. The Morgan fingerprint density at radius 1 is 1.05 bits per heavy atom. The molecule has 1 N–H and O–H groups in total. The van der Waals surface area contributed by atoms with E-state index < -0.39 is 5.60 Å². The summed E-state index contributed by atoms with van der Waals surface area (Å²) in [6.07, 6.45) is 0.569. The molecule has 1 atom stereocenters. The number of methoxy groups -OCH3 is 1. The topological polar surface area (TPSA) is 29.5 Å². The molecule has 2 rings (SSSR count). The zero-order valence-electron chi connectivity index (χ0n) is 11.7. The molecule has 0 saturated carbocycles. The van der Waals surface area contributed by atoms with E-state index in [-0.39, 0.29) is 0 Å². The lowest BCUT2D eigenvalue weighted by atomic mass is 9.87. The van der Waals surface area contributed by atoms with Crippen LogP contribution < -0.4 is 4.74 Å². The van der Waals surface area contributed by atoms with E-state index in [1.807, 2.05) is 43.3 Å². The fourth-order valence-electron chi connectivity index (χ4n) is 2.36. The van der Waals surface area contributed by atoms with Crippen molar-refractivity contribution in [3.8, 4) is 5.75 Å². The van der Waals surface area contributed by atoms with Crippen LogP contribution in [-0.4, -0.2) is 12.2 Å². The van der Waals surface area contributed by atoms with Crippen molar-refractivity contribution in [2.45, 2.75) is 25.9 Å². The minimum Gasteiger partial charge on any atom is -0.496 e. The summed E-state index contributed by atoms with van der Waals surface area (Å²) in [5.41, 5.74) is 2.22. The molecule has 1 unspecified atom stereocenters. The molecule has 2 aromatic carbocycles. The molecule has 0 fully saturated rings. The third-order valence-corrected chi connectivity index (χ3v) is 3.48. The largest absolute Gasteiger partial charge is 0.496 e. The van der Waals surface area contributed by atoms with Crippen molar-refractivity contribution >= 4 is 0 Å². The zero-order chi connectivity index (χ0) is 13.9. The molecular weight excluding hydrogens is 236 g/mol. The molecule has 0 aliphatic carbocycles. The van der Waals surface area contributed by atoms with Gasteiger partial charge >= 0.3 is 0 Å². The first kappa shape index (κ1) is 13.6. The Morgan fingerprint density at radius 2 is 1.68 bits per heavy atom. The van der Waals surface area contributed by atoms with E-state index in [0.717, 1.165) is 16.9 Å². The van der Waals surface area contributed by atoms with Crippen molar-refractivity contribution in [1.82, 2.24) is 0 Å². The van der Waals surface area contributed by atoms with E-state index in [4.69, 9.17) is 4.74 Å². The maximum atomic E-state index is 10.8. The van der Waals surface area contributed by atoms with Crippen LogP contribution in [0.4, 0.5) is 0 Å². The lowest BCUT2D eigenvalue weighted by molar-refractivity contribution is 0.0548. The number of rotatable bonds is 4. The van der Waals surface area contributed by atoms with Crippen LogP contribution in [0.2, 0.25) is 0 Å². The van der Waals surface area contributed by atoms with Gasteiger partial charge in [0, 0.05) is 12.0 Å². The van der Waals surface area contributed by atoms with Gasteiger partial charge in [-0.25, -0.2) is 0 Å². The second-order valence-electron chi connectivity index (χ2n) is 5.08. The molecule has 2 heteroatoms. The molecule has 100 valence electrons. The molecule has 0 spiro atoms. The quantitative estimate of drug-likeness (QED) is 0.907. The summed E-state index contributed by atoms with van der Waals surface area (Å²) >= 11 is 0. The van der Waals surface area contributed by atoms with Gasteiger partial charge in [-0.1, -0.05) is 42.5 Å². The van der Waals surface area contributed by atoms with Crippen LogP contribution in [0.25, 0.3) is 0 Å². The molecule has 0 amide bonds. The third-order valence-electron chi connectivity index (χ3n) is 3.48. The molecule has 2 aromatic rings. The highest BCUT2D eigenvalue weighted by molar-refractivity contribution is 5.39. The van der Waals surface area contributed by atoms with Gasteiger partial charge in [-0.3, -0.25) is 0 Å². The Labute approximate surface area is 114 Å². The minimum absolute atomic E-state index is 0.569. The third kappa shape index (κ3) is 2.96. The second kappa shape index (κ2) is 5.45. The lowest BCUT2D eigenvalue weighted by Crippen LogP contribution is -2.25. The average Bonchev–Trinajstić information content (AvgIpc) is 2.41. The van der Waals surface area contributed by atoms with E-state index in [0.29, 0.717) is 6.42 Å².